The summed E-state index contributed by atoms with van der Waals surface area (Å²) in [6.45, 7) is 29.9. The molecule has 10 heterocycles. The van der Waals surface area contributed by atoms with Gasteiger partial charge in [0.2, 0.25) is 0 Å². The summed E-state index contributed by atoms with van der Waals surface area (Å²) in [6, 6.07) is 40.5. The number of nitrogens with one attached hydrogen (secondary N) is 4. The first-order valence-electron chi connectivity index (χ1n) is 38.0. The molecule has 100 heavy (non-hydrogen) atoms. The third-order valence-electron chi connectivity index (χ3n) is 20.9. The highest BCUT2D eigenvalue weighted by Crippen LogP contribution is 2.33. The Hall–Kier alpha value is -5.68. The Morgan fingerprint density at radius 3 is 1.64 bits per heavy atom. The third kappa shape index (κ3) is 23.7. The van der Waals surface area contributed by atoms with Crippen molar-refractivity contribution in [1.82, 2.24) is 65.7 Å². The van der Waals surface area contributed by atoms with Crippen LogP contribution in [0.2, 0.25) is 0 Å². The molecule has 4 aromatic carbocycles. The molecule has 6 aliphatic rings. The monoisotopic (exact) mass is 1410 g/mol. The van der Waals surface area contributed by atoms with Gasteiger partial charge in [-0.05, 0) is 180 Å². The number of rotatable bonds is 29. The molecule has 0 unspecified atom stereocenters. The number of benzene rings is 4. The molecule has 8 aromatic rings. The van der Waals surface area contributed by atoms with Crippen molar-refractivity contribution in [2.24, 2.45) is 5.73 Å². The number of pyridine rings is 1. The maximum atomic E-state index is 5.67. The second-order valence-electron chi connectivity index (χ2n) is 29.0. The van der Waals surface area contributed by atoms with Crippen molar-refractivity contribution in [2.45, 2.75) is 200 Å². The van der Waals surface area contributed by atoms with E-state index in [2.05, 4.69) is 225 Å². The van der Waals surface area contributed by atoms with Crippen molar-refractivity contribution in [3.8, 4) is 0 Å². The second kappa shape index (κ2) is 40.4. The van der Waals surface area contributed by atoms with E-state index in [1.807, 2.05) is 17.9 Å². The second-order valence-corrected chi connectivity index (χ2v) is 31.8. The zero-order valence-corrected chi connectivity index (χ0v) is 63.4. The molecular weight excluding hydrogens is 1290 g/mol. The topological polar surface area (TPSA) is 145 Å². The van der Waals surface area contributed by atoms with E-state index in [-0.39, 0.29) is 0 Å². The summed E-state index contributed by atoms with van der Waals surface area (Å²) in [7, 11) is 2.21. The minimum Gasteiger partial charge on any atom is -0.368 e. The van der Waals surface area contributed by atoms with Gasteiger partial charge in [-0.2, -0.15) is 0 Å². The largest absolute Gasteiger partial charge is 0.368 e. The van der Waals surface area contributed by atoms with Gasteiger partial charge >= 0.3 is 0 Å². The molecule has 0 amide bonds. The Kier molecular flexibility index (Phi) is 30.5. The molecule has 6 N–H and O–H groups in total. The lowest BCUT2D eigenvalue weighted by atomic mass is 9.92. The van der Waals surface area contributed by atoms with Gasteiger partial charge in [0.15, 0.2) is 0 Å². The Balaban J connectivity index is 0.000000135. The average Bonchev–Trinajstić information content (AvgIpc) is 1.31. The van der Waals surface area contributed by atoms with Crippen LogP contribution in [0.1, 0.15) is 155 Å². The SMILES string of the molecule is CCCCCN(Cc1cscn1)C[C@H]1Cc2ccccc2CN1.CCCCCN(Cc1nccs1)C[C@H]1Cc2ccccc2CN1.Cc1ccc(CN(C)C[C@H]2Cc3c(cccc3N3CCN4CCC[C@@H]4C3)CN2)nc1.Cc1nc(CN(CCCCN)C[C@H]2Cc3ccccc3CN2)cs1. The number of likely N-dealkylation sites (N-methyl/N-ethyl adjacent to an activating group) is 1. The highest BCUT2D eigenvalue weighted by Gasteiger charge is 2.33. The summed E-state index contributed by atoms with van der Waals surface area (Å²) >= 11 is 5.20. The van der Waals surface area contributed by atoms with E-state index in [0.29, 0.717) is 24.2 Å². The molecule has 0 radical (unpaired) electrons. The van der Waals surface area contributed by atoms with Gasteiger partial charge in [0.1, 0.15) is 5.01 Å². The minimum absolute atomic E-state index is 0.488. The number of fused-ring (bicyclic) bond motifs is 5. The van der Waals surface area contributed by atoms with Crippen molar-refractivity contribution in [2.75, 3.05) is 90.5 Å². The lowest BCUT2D eigenvalue weighted by Crippen LogP contribution is -2.51. The zero-order valence-electron chi connectivity index (χ0n) is 61.0. The Labute approximate surface area is 612 Å². The van der Waals surface area contributed by atoms with E-state index >= 15 is 0 Å². The van der Waals surface area contributed by atoms with Gasteiger partial charge in [-0.15, -0.1) is 34.0 Å². The highest BCUT2D eigenvalue weighted by molar-refractivity contribution is 7.09. The average molecular weight is 1410 g/mol. The molecule has 14 rings (SSSR count). The number of hydrogen-bond donors (Lipinski definition) is 5. The van der Waals surface area contributed by atoms with Gasteiger partial charge in [0.25, 0.3) is 0 Å². The number of nitrogens with two attached hydrogens (primary N) is 1. The fourth-order valence-electron chi connectivity index (χ4n) is 15.6. The maximum Gasteiger partial charge on any atom is 0.107 e. The lowest BCUT2D eigenvalue weighted by molar-refractivity contribution is 0.222. The van der Waals surface area contributed by atoms with Gasteiger partial charge in [-0.25, -0.2) is 15.0 Å². The van der Waals surface area contributed by atoms with Crippen molar-refractivity contribution >= 4 is 39.7 Å². The molecule has 4 aromatic heterocycles. The van der Waals surface area contributed by atoms with Crippen LogP contribution in [0.5, 0.6) is 0 Å². The smallest absolute Gasteiger partial charge is 0.107 e. The first-order chi connectivity index (χ1) is 49.1. The summed E-state index contributed by atoms with van der Waals surface area (Å²) < 4.78 is 0. The van der Waals surface area contributed by atoms with E-state index in [4.69, 9.17) is 5.73 Å². The minimum atomic E-state index is 0.488. The molecule has 0 aliphatic carbocycles. The van der Waals surface area contributed by atoms with Gasteiger partial charge < -0.3 is 31.9 Å². The predicted molar refractivity (Wildman–Crippen MR) is 419 cm³/mol. The van der Waals surface area contributed by atoms with Gasteiger partial charge in [-0.1, -0.05) is 131 Å². The normalized spacial score (nSPS) is 19.4. The van der Waals surface area contributed by atoms with Gasteiger partial charge in [0.05, 0.1) is 34.1 Å². The third-order valence-corrected chi connectivity index (χ3v) is 23.1. The summed E-state index contributed by atoms with van der Waals surface area (Å²) in [6.07, 6.45) is 21.1. The van der Waals surface area contributed by atoms with Gasteiger partial charge in [0, 0.05) is 156 Å². The number of anilines is 1. The van der Waals surface area contributed by atoms with Crippen LogP contribution in [-0.4, -0.2) is 160 Å². The number of unbranched alkanes of at least 4 members (excludes halogenated alkanes) is 5. The molecule has 538 valence electrons. The molecule has 18 heteroatoms. The number of nitrogens with zero attached hydrogens (tertiary/aromatic N) is 10. The molecule has 6 aliphatic heterocycles. The number of hydrogen-bond acceptors (Lipinski definition) is 18. The molecule has 0 saturated carbocycles. The molecular formula is C82H117N15S3. The molecule has 15 nitrogen and oxygen atoms in total. The van der Waals surface area contributed by atoms with Crippen LogP contribution in [-0.2, 0) is 78.0 Å². The number of thiazole rings is 3. The van der Waals surface area contributed by atoms with Crippen LogP contribution in [0.3, 0.4) is 0 Å². The first-order valence-corrected chi connectivity index (χ1v) is 40.7. The molecule has 5 atom stereocenters. The molecule has 0 bridgehead atoms. The van der Waals surface area contributed by atoms with Crippen molar-refractivity contribution in [1.29, 1.82) is 0 Å². The first kappa shape index (κ1) is 75.5. The van der Waals surface area contributed by atoms with Crippen LogP contribution in [0, 0.1) is 13.8 Å². The molecule has 0 spiro atoms. The standard InChI is InChI=1S/C25H35N5.C19H28N4S.2C19H27N3S/c1-19-8-9-21(26-14-19)16-28(2)17-22-13-24-20(15-27-22)5-3-7-25(24)30-12-11-29-10-4-6-23(29)18-30;1-15-22-19(14-24-15)13-23(9-5-4-8-20)12-18-10-16-6-2-3-7-17(16)11-21-18;1-2-3-6-10-22(15-19-20-9-11-23-19)14-18-12-16-7-4-5-8-17(16)13-21-18;1-2-3-6-9-22(13-19-14-23-15-21-19)12-18-10-16-7-4-5-8-17(16)11-20-18/h3,5,7-9,14,22-23,27H,4,6,10-13,15-18H2,1-2H3;2-3,6-7,14,18,21H,4-5,8-13,20H2,1H3;4-5,7-9,11,18,21H,2-3,6,10,12-15H2,1H3;4-5,7-8,14-15,18,20H,2-3,6,9-13H2,1H3/t22-,23-;3*18-/m1111/s1. The summed E-state index contributed by atoms with van der Waals surface area (Å²) in [5, 5.41) is 23.7. The fraction of sp³-hybridized carbons (Fsp3) is 0.537. The predicted octanol–water partition coefficient (Wildman–Crippen LogP) is 13.2. The van der Waals surface area contributed by atoms with Crippen molar-refractivity contribution in [3.63, 3.8) is 0 Å². The van der Waals surface area contributed by atoms with E-state index in [0.717, 1.165) is 147 Å². The molecule has 2 fully saturated rings. The van der Waals surface area contributed by atoms with Crippen LogP contribution in [0.4, 0.5) is 5.69 Å². The summed E-state index contributed by atoms with van der Waals surface area (Å²) in [4.78, 5) is 33.6. The van der Waals surface area contributed by atoms with Gasteiger partial charge in [-0.3, -0.25) is 29.5 Å². The van der Waals surface area contributed by atoms with Crippen LogP contribution >= 0.6 is 34.0 Å². The number of aryl methyl sites for hydroxylation is 2. The quantitative estimate of drug-likeness (QED) is 0.0283. The maximum absolute atomic E-state index is 5.67. The molecule has 2 saturated heterocycles. The summed E-state index contributed by atoms with van der Waals surface area (Å²) in [5.74, 6) is 0. The Morgan fingerprint density at radius 1 is 0.530 bits per heavy atom. The zero-order chi connectivity index (χ0) is 69.1. The lowest BCUT2D eigenvalue weighted by Gasteiger charge is -2.41. The summed E-state index contributed by atoms with van der Waals surface area (Å²) in [5.41, 5.74) is 25.8. The van der Waals surface area contributed by atoms with Crippen molar-refractivity contribution < 1.29 is 0 Å². The Bertz CT molecular complexity index is 3490. The van der Waals surface area contributed by atoms with E-state index in [9.17, 15) is 0 Å². The van der Waals surface area contributed by atoms with E-state index in [1.165, 1.54) is 157 Å². The van der Waals surface area contributed by atoms with Crippen LogP contribution in [0.15, 0.2) is 137 Å². The number of piperazine rings is 1. The van der Waals surface area contributed by atoms with E-state index < -0.39 is 0 Å². The van der Waals surface area contributed by atoms with E-state index in [1.54, 1.807) is 39.6 Å². The highest BCUT2D eigenvalue weighted by atomic mass is 32.1. The van der Waals surface area contributed by atoms with Crippen LogP contribution < -0.4 is 31.9 Å². The van der Waals surface area contributed by atoms with Crippen molar-refractivity contribution in [3.05, 3.63) is 214 Å². The van der Waals surface area contributed by atoms with Crippen LogP contribution in [0.25, 0.3) is 0 Å². The fourth-order valence-corrected chi connectivity index (χ4v) is 17.4. The Morgan fingerprint density at radius 2 is 1.10 bits per heavy atom. The number of aromatic nitrogens is 4.